The molecule has 0 aromatic heterocycles. The maximum absolute atomic E-state index is 2.34. The SMILES string of the molecule is c1ccc(P(CC2CCC2CP(c2ccccc2)c2ccccc2)c2ccccc2)cc1. The molecule has 1 saturated carbocycles. The van der Waals surface area contributed by atoms with E-state index in [1.807, 2.05) is 0 Å². The molecular weight excluding hydrogens is 422 g/mol. The third-order valence-corrected chi connectivity index (χ3v) is 12.0. The molecule has 0 radical (unpaired) electrons. The number of hydrogen-bond acceptors (Lipinski definition) is 0. The summed E-state index contributed by atoms with van der Waals surface area (Å²) in [7, 11) is -0.596. The van der Waals surface area contributed by atoms with E-state index in [-0.39, 0.29) is 15.8 Å². The van der Waals surface area contributed by atoms with Crippen molar-refractivity contribution in [3.8, 4) is 0 Å². The lowest BCUT2D eigenvalue weighted by Crippen LogP contribution is -2.34. The fourth-order valence-corrected chi connectivity index (χ4v) is 10.2. The zero-order valence-corrected chi connectivity index (χ0v) is 20.2. The summed E-state index contributed by atoms with van der Waals surface area (Å²) >= 11 is 0. The lowest BCUT2D eigenvalue weighted by Gasteiger charge is -2.41. The van der Waals surface area contributed by atoms with Crippen LogP contribution < -0.4 is 21.2 Å². The Labute approximate surface area is 195 Å². The summed E-state index contributed by atoms with van der Waals surface area (Å²) < 4.78 is 0. The fraction of sp³-hybridized carbons (Fsp3) is 0.200. The molecule has 1 aliphatic carbocycles. The number of benzene rings is 4. The maximum Gasteiger partial charge on any atom is -0.0195 e. The largest absolute Gasteiger partial charge is 0.0622 e. The van der Waals surface area contributed by atoms with E-state index in [2.05, 4.69) is 121 Å². The molecule has 1 aliphatic rings. The summed E-state index contributed by atoms with van der Waals surface area (Å²) in [5.74, 6) is 1.66. The van der Waals surface area contributed by atoms with Crippen molar-refractivity contribution in [2.75, 3.05) is 12.3 Å². The van der Waals surface area contributed by atoms with E-state index in [9.17, 15) is 0 Å². The van der Waals surface area contributed by atoms with Crippen molar-refractivity contribution in [1.82, 2.24) is 0 Å². The van der Waals surface area contributed by atoms with E-state index in [0.29, 0.717) is 0 Å². The van der Waals surface area contributed by atoms with Gasteiger partial charge in [-0.3, -0.25) is 0 Å². The quantitative estimate of drug-likeness (QED) is 0.276. The molecule has 4 aromatic rings. The molecule has 2 unspecified atom stereocenters. The fourth-order valence-electron chi connectivity index (χ4n) is 4.74. The second-order valence-electron chi connectivity index (χ2n) is 8.66. The first kappa shape index (κ1) is 21.6. The first-order chi connectivity index (χ1) is 15.9. The van der Waals surface area contributed by atoms with Crippen LogP contribution in [0.1, 0.15) is 12.8 Å². The maximum atomic E-state index is 2.34. The first-order valence-electron chi connectivity index (χ1n) is 11.6. The Kier molecular flexibility index (Phi) is 7.13. The molecule has 0 N–H and O–H groups in total. The summed E-state index contributed by atoms with van der Waals surface area (Å²) in [6.07, 6.45) is 5.41. The van der Waals surface area contributed by atoms with Gasteiger partial charge in [0, 0.05) is 0 Å². The third-order valence-electron chi connectivity index (χ3n) is 6.68. The van der Waals surface area contributed by atoms with Gasteiger partial charge < -0.3 is 0 Å². The molecule has 0 amide bonds. The van der Waals surface area contributed by atoms with Crippen molar-refractivity contribution >= 4 is 37.1 Å². The van der Waals surface area contributed by atoms with Crippen LogP contribution >= 0.6 is 15.8 Å². The van der Waals surface area contributed by atoms with Crippen LogP contribution in [0, 0.1) is 11.8 Å². The van der Waals surface area contributed by atoms with E-state index < -0.39 is 0 Å². The summed E-state index contributed by atoms with van der Waals surface area (Å²) in [4.78, 5) is 0. The Morgan fingerprint density at radius 3 is 0.875 bits per heavy atom. The Morgan fingerprint density at radius 1 is 0.406 bits per heavy atom. The lowest BCUT2D eigenvalue weighted by atomic mass is 9.76. The van der Waals surface area contributed by atoms with Crippen LogP contribution in [-0.4, -0.2) is 12.3 Å². The zero-order chi connectivity index (χ0) is 21.6. The molecular formula is C30H30P2. The lowest BCUT2D eigenvalue weighted by molar-refractivity contribution is 0.228. The topological polar surface area (TPSA) is 0 Å². The molecule has 0 spiro atoms. The molecule has 0 heterocycles. The van der Waals surface area contributed by atoms with Gasteiger partial charge in [0.2, 0.25) is 0 Å². The van der Waals surface area contributed by atoms with Crippen LogP contribution in [0.5, 0.6) is 0 Å². The highest BCUT2D eigenvalue weighted by Crippen LogP contribution is 2.49. The normalized spacial score (nSPS) is 17.9. The molecule has 160 valence electrons. The first-order valence-corrected chi connectivity index (χ1v) is 14.7. The Balaban J connectivity index is 1.37. The number of rotatable bonds is 8. The van der Waals surface area contributed by atoms with Crippen molar-refractivity contribution in [3.05, 3.63) is 121 Å². The molecule has 5 rings (SSSR count). The van der Waals surface area contributed by atoms with Crippen LogP contribution in [0.4, 0.5) is 0 Å². The van der Waals surface area contributed by atoms with Crippen molar-refractivity contribution in [1.29, 1.82) is 0 Å². The zero-order valence-electron chi connectivity index (χ0n) is 18.4. The molecule has 0 aliphatic heterocycles. The average Bonchev–Trinajstić information content (AvgIpc) is 2.86. The summed E-state index contributed by atoms with van der Waals surface area (Å²) in [6.45, 7) is 0. The standard InChI is InChI=1S/C30H30P2/c1-5-13-27(14-6-1)31(28-15-7-2-8-16-28)23-25-21-22-26(25)24-32(29-17-9-3-10-18-29)30-19-11-4-12-20-30/h1-20,25-26H,21-24H2. The van der Waals surface area contributed by atoms with Gasteiger partial charge in [-0.05, 0) is 74.1 Å². The molecule has 4 aromatic carbocycles. The minimum atomic E-state index is -0.298. The average molecular weight is 453 g/mol. The van der Waals surface area contributed by atoms with Crippen LogP contribution in [0.15, 0.2) is 121 Å². The molecule has 0 nitrogen and oxygen atoms in total. The highest BCUT2D eigenvalue weighted by molar-refractivity contribution is 7.73. The van der Waals surface area contributed by atoms with E-state index in [1.54, 1.807) is 0 Å². The molecule has 0 saturated heterocycles. The molecule has 0 bridgehead atoms. The van der Waals surface area contributed by atoms with Gasteiger partial charge in [0.15, 0.2) is 0 Å². The van der Waals surface area contributed by atoms with Crippen molar-refractivity contribution < 1.29 is 0 Å². The molecule has 32 heavy (non-hydrogen) atoms. The predicted molar refractivity (Wildman–Crippen MR) is 144 cm³/mol. The second kappa shape index (κ2) is 10.6. The van der Waals surface area contributed by atoms with Gasteiger partial charge in [0.25, 0.3) is 0 Å². The Hall–Kier alpha value is -2.26. The minimum absolute atomic E-state index is 0.298. The smallest absolute Gasteiger partial charge is 0.0195 e. The Morgan fingerprint density at radius 2 is 0.656 bits per heavy atom. The van der Waals surface area contributed by atoms with Gasteiger partial charge in [-0.2, -0.15) is 0 Å². The van der Waals surface area contributed by atoms with Gasteiger partial charge in [-0.25, -0.2) is 0 Å². The van der Waals surface area contributed by atoms with E-state index in [0.717, 1.165) is 11.8 Å². The predicted octanol–water partition coefficient (Wildman–Crippen LogP) is 6.28. The summed E-state index contributed by atoms with van der Waals surface area (Å²) in [6, 6.07) is 44.9. The van der Waals surface area contributed by atoms with Crippen LogP contribution in [0.2, 0.25) is 0 Å². The Bertz CT molecular complexity index is 911. The van der Waals surface area contributed by atoms with Crippen molar-refractivity contribution in [2.24, 2.45) is 11.8 Å². The third kappa shape index (κ3) is 5.04. The van der Waals surface area contributed by atoms with Crippen molar-refractivity contribution in [3.63, 3.8) is 0 Å². The van der Waals surface area contributed by atoms with E-state index in [1.165, 1.54) is 46.4 Å². The van der Waals surface area contributed by atoms with Crippen LogP contribution in [0.3, 0.4) is 0 Å². The van der Waals surface area contributed by atoms with Gasteiger partial charge in [-0.1, -0.05) is 121 Å². The van der Waals surface area contributed by atoms with Gasteiger partial charge in [0.1, 0.15) is 0 Å². The van der Waals surface area contributed by atoms with Crippen LogP contribution in [-0.2, 0) is 0 Å². The molecule has 2 atom stereocenters. The van der Waals surface area contributed by atoms with Gasteiger partial charge in [-0.15, -0.1) is 0 Å². The van der Waals surface area contributed by atoms with E-state index >= 15 is 0 Å². The number of hydrogen-bond donors (Lipinski definition) is 0. The summed E-state index contributed by atoms with van der Waals surface area (Å²) in [5, 5.41) is 6.08. The molecule has 2 heteroatoms. The van der Waals surface area contributed by atoms with Gasteiger partial charge in [0.05, 0.1) is 0 Å². The monoisotopic (exact) mass is 452 g/mol. The highest BCUT2D eigenvalue weighted by Gasteiger charge is 2.35. The molecule has 1 fully saturated rings. The van der Waals surface area contributed by atoms with Crippen molar-refractivity contribution in [2.45, 2.75) is 12.8 Å². The highest BCUT2D eigenvalue weighted by atomic mass is 31.1. The van der Waals surface area contributed by atoms with Gasteiger partial charge >= 0.3 is 0 Å². The van der Waals surface area contributed by atoms with Crippen LogP contribution in [0.25, 0.3) is 0 Å². The summed E-state index contributed by atoms with van der Waals surface area (Å²) in [5.41, 5.74) is 0. The second-order valence-corrected chi connectivity index (χ2v) is 13.2. The van der Waals surface area contributed by atoms with E-state index in [4.69, 9.17) is 0 Å². The minimum Gasteiger partial charge on any atom is -0.0622 e.